The monoisotopic (exact) mass is 145 g/mol. The van der Waals surface area contributed by atoms with Crippen LogP contribution in [0.1, 0.15) is 0 Å². The fraction of sp³-hybridized carbons (Fsp3) is 0. The molecule has 2 aromatic rings. The largest absolute Gasteiger partial charge is 0.307 e. The third kappa shape index (κ3) is 1.12. The first kappa shape index (κ1) is 6.09. The molecule has 2 rings (SSSR count). The fourth-order valence-corrected chi connectivity index (χ4v) is 0.918. The summed E-state index contributed by atoms with van der Waals surface area (Å²) in [5.41, 5.74) is 0. The van der Waals surface area contributed by atoms with Gasteiger partial charge in [0.2, 0.25) is 0 Å². The molecular weight excluding hydrogens is 138 g/mol. The van der Waals surface area contributed by atoms with Crippen molar-refractivity contribution in [2.45, 2.75) is 0 Å². The molecular formula is C8H7N3. The van der Waals surface area contributed by atoms with Crippen molar-refractivity contribution in [2.24, 2.45) is 0 Å². The average molecular weight is 145 g/mol. The lowest BCUT2D eigenvalue weighted by atomic mass is 10.5. The Morgan fingerprint density at radius 3 is 2.55 bits per heavy atom. The molecule has 0 aliphatic carbocycles. The van der Waals surface area contributed by atoms with E-state index in [0.29, 0.717) is 0 Å². The molecule has 3 heteroatoms. The second-order valence-corrected chi connectivity index (χ2v) is 2.17. The molecule has 0 saturated heterocycles. The highest BCUT2D eigenvalue weighted by Crippen LogP contribution is 2.00. The first-order valence-electron chi connectivity index (χ1n) is 3.38. The summed E-state index contributed by atoms with van der Waals surface area (Å²) < 4.78 is 1.91. The molecule has 0 saturated carbocycles. The van der Waals surface area contributed by atoms with Gasteiger partial charge in [0.1, 0.15) is 0 Å². The topological polar surface area (TPSA) is 30.7 Å². The summed E-state index contributed by atoms with van der Waals surface area (Å²) in [6, 6.07) is 7.68. The molecule has 0 fully saturated rings. The Bertz CT molecular complexity index is 312. The van der Waals surface area contributed by atoms with E-state index in [1.54, 1.807) is 6.20 Å². The third-order valence-corrected chi connectivity index (χ3v) is 1.43. The van der Waals surface area contributed by atoms with E-state index in [1.165, 1.54) is 0 Å². The van der Waals surface area contributed by atoms with Gasteiger partial charge >= 0.3 is 0 Å². The van der Waals surface area contributed by atoms with Gasteiger partial charge in [-0.05, 0) is 24.3 Å². The third-order valence-electron chi connectivity index (χ3n) is 1.43. The quantitative estimate of drug-likeness (QED) is 0.605. The summed E-state index contributed by atoms with van der Waals surface area (Å²) in [5, 5.41) is 7.70. The van der Waals surface area contributed by atoms with Crippen LogP contribution in [0.3, 0.4) is 0 Å². The predicted molar refractivity (Wildman–Crippen MR) is 41.4 cm³/mol. The minimum absolute atomic E-state index is 0.845. The van der Waals surface area contributed by atoms with Gasteiger partial charge < -0.3 is 4.57 Å². The molecule has 0 amide bonds. The molecule has 54 valence electrons. The lowest BCUT2D eigenvalue weighted by molar-refractivity contribution is 0.919. The molecule has 0 atom stereocenters. The molecule has 2 heterocycles. The van der Waals surface area contributed by atoms with Crippen LogP contribution in [0.15, 0.2) is 42.9 Å². The highest BCUT2D eigenvalue weighted by atomic mass is 15.2. The van der Waals surface area contributed by atoms with E-state index in [-0.39, 0.29) is 0 Å². The van der Waals surface area contributed by atoms with E-state index >= 15 is 0 Å². The molecule has 0 aliphatic rings. The van der Waals surface area contributed by atoms with Crippen LogP contribution >= 0.6 is 0 Å². The number of nitrogens with zero attached hydrogens (tertiary/aromatic N) is 3. The Balaban J connectivity index is 2.46. The molecule has 0 N–H and O–H groups in total. The normalized spacial score (nSPS) is 9.82. The van der Waals surface area contributed by atoms with Crippen LogP contribution in [0.5, 0.6) is 0 Å². The van der Waals surface area contributed by atoms with Crippen LogP contribution in [0.4, 0.5) is 0 Å². The maximum absolute atomic E-state index is 3.93. The second-order valence-electron chi connectivity index (χ2n) is 2.17. The molecule has 0 aromatic carbocycles. The molecule has 0 unspecified atom stereocenters. The van der Waals surface area contributed by atoms with Gasteiger partial charge in [-0.1, -0.05) is 0 Å². The zero-order valence-electron chi connectivity index (χ0n) is 5.88. The van der Waals surface area contributed by atoms with Gasteiger partial charge in [0.25, 0.3) is 0 Å². The van der Waals surface area contributed by atoms with Gasteiger partial charge in [-0.25, -0.2) is 0 Å². The van der Waals surface area contributed by atoms with Gasteiger partial charge in [-0.15, -0.1) is 5.10 Å². The van der Waals surface area contributed by atoms with Crippen LogP contribution in [-0.2, 0) is 0 Å². The van der Waals surface area contributed by atoms with Crippen LogP contribution in [0.25, 0.3) is 5.82 Å². The van der Waals surface area contributed by atoms with Gasteiger partial charge in [0.15, 0.2) is 5.82 Å². The summed E-state index contributed by atoms with van der Waals surface area (Å²) in [4.78, 5) is 0. The lowest BCUT2D eigenvalue weighted by Gasteiger charge is -1.96. The molecule has 0 radical (unpaired) electrons. The lowest BCUT2D eigenvalue weighted by Crippen LogP contribution is -1.93. The van der Waals surface area contributed by atoms with E-state index in [1.807, 2.05) is 41.2 Å². The molecule has 3 nitrogen and oxygen atoms in total. The predicted octanol–water partition coefficient (Wildman–Crippen LogP) is 1.27. The fourth-order valence-electron chi connectivity index (χ4n) is 0.918. The molecule has 0 bridgehead atoms. The van der Waals surface area contributed by atoms with Crippen LogP contribution in [0.2, 0.25) is 0 Å². The highest BCUT2D eigenvalue weighted by Gasteiger charge is 1.91. The summed E-state index contributed by atoms with van der Waals surface area (Å²) in [6.45, 7) is 0. The summed E-state index contributed by atoms with van der Waals surface area (Å²) in [7, 11) is 0. The smallest absolute Gasteiger partial charge is 0.159 e. The van der Waals surface area contributed by atoms with E-state index < -0.39 is 0 Å². The number of hydrogen-bond donors (Lipinski definition) is 0. The molecule has 0 spiro atoms. The van der Waals surface area contributed by atoms with Gasteiger partial charge in [-0.2, -0.15) is 5.10 Å². The standard InChI is InChI=1S/C8H7N3/c1-2-7-11(6-1)8-4-3-5-9-10-8/h1-7H. The number of aromatic nitrogens is 3. The summed E-state index contributed by atoms with van der Waals surface area (Å²) in [5.74, 6) is 0.845. The Hall–Kier alpha value is -1.64. The van der Waals surface area contributed by atoms with Gasteiger partial charge in [0, 0.05) is 18.6 Å². The van der Waals surface area contributed by atoms with E-state index in [4.69, 9.17) is 0 Å². The summed E-state index contributed by atoms with van der Waals surface area (Å²) >= 11 is 0. The Labute approximate surface area is 64.3 Å². The van der Waals surface area contributed by atoms with E-state index in [2.05, 4.69) is 10.2 Å². The molecule has 0 aliphatic heterocycles. The zero-order chi connectivity index (χ0) is 7.52. The maximum atomic E-state index is 3.93. The Morgan fingerprint density at radius 2 is 1.91 bits per heavy atom. The maximum Gasteiger partial charge on any atom is 0.159 e. The van der Waals surface area contributed by atoms with Gasteiger partial charge in [0.05, 0.1) is 0 Å². The van der Waals surface area contributed by atoms with E-state index in [0.717, 1.165) is 5.82 Å². The van der Waals surface area contributed by atoms with Gasteiger partial charge in [-0.3, -0.25) is 0 Å². The second kappa shape index (κ2) is 2.54. The van der Waals surface area contributed by atoms with Crippen molar-refractivity contribution in [3.63, 3.8) is 0 Å². The number of hydrogen-bond acceptors (Lipinski definition) is 2. The van der Waals surface area contributed by atoms with Crippen molar-refractivity contribution >= 4 is 0 Å². The molecule has 2 aromatic heterocycles. The van der Waals surface area contributed by atoms with Crippen molar-refractivity contribution in [3.8, 4) is 5.82 Å². The number of rotatable bonds is 1. The highest BCUT2D eigenvalue weighted by molar-refractivity contribution is 5.20. The van der Waals surface area contributed by atoms with Crippen molar-refractivity contribution in [2.75, 3.05) is 0 Å². The zero-order valence-corrected chi connectivity index (χ0v) is 5.88. The molecule has 11 heavy (non-hydrogen) atoms. The Kier molecular flexibility index (Phi) is 1.41. The minimum atomic E-state index is 0.845. The first-order valence-corrected chi connectivity index (χ1v) is 3.38. The SMILES string of the molecule is c1cnnc(-n2cccc2)c1. The van der Waals surface area contributed by atoms with Crippen LogP contribution in [0, 0.1) is 0 Å². The Morgan fingerprint density at radius 1 is 1.09 bits per heavy atom. The van der Waals surface area contributed by atoms with Crippen molar-refractivity contribution in [3.05, 3.63) is 42.9 Å². The van der Waals surface area contributed by atoms with E-state index in [9.17, 15) is 0 Å². The van der Waals surface area contributed by atoms with Crippen molar-refractivity contribution in [1.82, 2.24) is 14.8 Å². The summed E-state index contributed by atoms with van der Waals surface area (Å²) in [6.07, 6.45) is 5.53. The first-order chi connectivity index (χ1) is 5.47. The van der Waals surface area contributed by atoms with Crippen molar-refractivity contribution in [1.29, 1.82) is 0 Å². The van der Waals surface area contributed by atoms with Crippen molar-refractivity contribution < 1.29 is 0 Å². The minimum Gasteiger partial charge on any atom is -0.307 e. The van der Waals surface area contributed by atoms with Crippen LogP contribution < -0.4 is 0 Å². The average Bonchev–Trinajstić information content (AvgIpc) is 2.58. The van der Waals surface area contributed by atoms with Crippen LogP contribution in [-0.4, -0.2) is 14.8 Å².